The number of aromatic nitrogens is 1. The Morgan fingerprint density at radius 2 is 2.29 bits per heavy atom. The van der Waals surface area contributed by atoms with Crippen molar-refractivity contribution in [1.29, 1.82) is 0 Å². The van der Waals surface area contributed by atoms with Gasteiger partial charge in [0, 0.05) is 6.54 Å². The molecule has 1 heterocycles. The van der Waals surface area contributed by atoms with Crippen LogP contribution in [-0.2, 0) is 0 Å². The fourth-order valence-corrected chi connectivity index (χ4v) is 1.85. The molecule has 3 N–H and O–H groups in total. The summed E-state index contributed by atoms with van der Waals surface area (Å²) < 4.78 is 0. The highest BCUT2D eigenvalue weighted by atomic mass is 32.1. The predicted octanol–water partition coefficient (Wildman–Crippen LogP) is 2.96. The molecule has 1 aromatic heterocycles. The van der Waals surface area contributed by atoms with Crippen molar-refractivity contribution >= 4 is 21.5 Å². The highest BCUT2D eigenvalue weighted by Crippen LogP contribution is 2.19. The average Bonchev–Trinajstić information content (AvgIpc) is 2.50. The van der Waals surface area contributed by atoms with Gasteiger partial charge in [-0.3, -0.25) is 0 Å². The van der Waals surface area contributed by atoms with Crippen LogP contribution < -0.4 is 11.1 Å². The summed E-state index contributed by atoms with van der Waals surface area (Å²) in [5, 5.41) is 4.98. The Morgan fingerprint density at radius 3 is 2.86 bits per heavy atom. The van der Waals surface area contributed by atoms with E-state index in [2.05, 4.69) is 24.1 Å². The lowest BCUT2D eigenvalue weighted by atomic mass is 10.1. The van der Waals surface area contributed by atoms with E-state index in [9.17, 15) is 0 Å². The number of hydrogen-bond acceptors (Lipinski definition) is 4. The van der Waals surface area contributed by atoms with Crippen LogP contribution in [0.3, 0.4) is 0 Å². The van der Waals surface area contributed by atoms with Gasteiger partial charge in [-0.2, -0.15) is 0 Å². The van der Waals surface area contributed by atoms with Gasteiger partial charge >= 0.3 is 0 Å². The minimum Gasteiger partial charge on any atom is -0.389 e. The van der Waals surface area contributed by atoms with Crippen molar-refractivity contribution in [2.75, 3.05) is 17.6 Å². The van der Waals surface area contributed by atoms with E-state index in [4.69, 9.17) is 5.73 Å². The van der Waals surface area contributed by atoms with Crippen LogP contribution in [0.1, 0.15) is 33.1 Å². The summed E-state index contributed by atoms with van der Waals surface area (Å²) in [5.41, 5.74) is 5.56. The van der Waals surface area contributed by atoms with E-state index in [1.165, 1.54) is 30.6 Å². The van der Waals surface area contributed by atoms with Crippen LogP contribution >= 0.6 is 11.3 Å². The van der Waals surface area contributed by atoms with Gasteiger partial charge in [-0.25, -0.2) is 4.98 Å². The van der Waals surface area contributed by atoms with Gasteiger partial charge in [0.15, 0.2) is 5.13 Å². The second kappa shape index (κ2) is 5.86. The molecule has 3 nitrogen and oxygen atoms in total. The molecule has 0 saturated carbocycles. The zero-order valence-electron chi connectivity index (χ0n) is 8.92. The SMILES string of the molecule is CC(C)CCCCNc1ncc(N)s1. The molecule has 0 aliphatic heterocycles. The molecule has 0 saturated heterocycles. The summed E-state index contributed by atoms with van der Waals surface area (Å²) >= 11 is 1.51. The highest BCUT2D eigenvalue weighted by molar-refractivity contribution is 7.19. The van der Waals surface area contributed by atoms with E-state index in [-0.39, 0.29) is 0 Å². The van der Waals surface area contributed by atoms with Crippen LogP contribution in [0.15, 0.2) is 6.20 Å². The minimum absolute atomic E-state index is 0.773. The van der Waals surface area contributed by atoms with E-state index in [1.807, 2.05) is 0 Å². The second-order valence-corrected chi connectivity index (χ2v) is 4.95. The van der Waals surface area contributed by atoms with Gasteiger partial charge in [0.25, 0.3) is 0 Å². The standard InChI is InChI=1S/C10H19N3S/c1-8(2)5-3-4-6-12-10-13-7-9(11)14-10/h7-8H,3-6,11H2,1-2H3,(H,12,13). The number of nitrogens with two attached hydrogens (primary N) is 1. The van der Waals surface area contributed by atoms with E-state index >= 15 is 0 Å². The molecule has 0 bridgehead atoms. The molecule has 0 atom stereocenters. The fourth-order valence-electron chi connectivity index (χ4n) is 1.24. The van der Waals surface area contributed by atoms with Crippen molar-refractivity contribution in [2.24, 2.45) is 5.92 Å². The number of thiazole rings is 1. The molecule has 80 valence electrons. The molecular formula is C10H19N3S. The Morgan fingerprint density at radius 1 is 1.50 bits per heavy atom. The molecule has 0 aromatic carbocycles. The summed E-state index contributed by atoms with van der Waals surface area (Å²) in [6, 6.07) is 0. The quantitative estimate of drug-likeness (QED) is 0.714. The van der Waals surface area contributed by atoms with Gasteiger partial charge in [-0.1, -0.05) is 38.0 Å². The Kier molecular flexibility index (Phi) is 4.73. The lowest BCUT2D eigenvalue weighted by Crippen LogP contribution is -2.01. The lowest BCUT2D eigenvalue weighted by Gasteiger charge is -2.04. The molecule has 0 aliphatic carbocycles. The van der Waals surface area contributed by atoms with Crippen LogP contribution in [0.2, 0.25) is 0 Å². The van der Waals surface area contributed by atoms with E-state index in [0.29, 0.717) is 0 Å². The number of nitrogens with zero attached hydrogens (tertiary/aromatic N) is 1. The van der Waals surface area contributed by atoms with Gasteiger partial charge in [0.1, 0.15) is 5.00 Å². The van der Waals surface area contributed by atoms with Crippen molar-refractivity contribution < 1.29 is 0 Å². The number of hydrogen-bond donors (Lipinski definition) is 2. The topological polar surface area (TPSA) is 50.9 Å². The summed E-state index contributed by atoms with van der Waals surface area (Å²) in [6.45, 7) is 5.52. The summed E-state index contributed by atoms with van der Waals surface area (Å²) in [4.78, 5) is 4.13. The maximum atomic E-state index is 5.56. The third-order valence-corrected chi connectivity index (χ3v) is 2.79. The number of unbranched alkanes of at least 4 members (excludes halogenated alkanes) is 1. The third kappa shape index (κ3) is 4.46. The monoisotopic (exact) mass is 213 g/mol. The Hall–Kier alpha value is -0.770. The number of nitrogens with one attached hydrogen (secondary N) is 1. The highest BCUT2D eigenvalue weighted by Gasteiger charge is 1.97. The van der Waals surface area contributed by atoms with Gasteiger partial charge in [0.2, 0.25) is 0 Å². The van der Waals surface area contributed by atoms with Gasteiger partial charge < -0.3 is 11.1 Å². The van der Waals surface area contributed by atoms with Gasteiger partial charge in [-0.05, 0) is 12.3 Å². The zero-order valence-corrected chi connectivity index (χ0v) is 9.73. The van der Waals surface area contributed by atoms with Crippen molar-refractivity contribution in [3.8, 4) is 0 Å². The van der Waals surface area contributed by atoms with Crippen molar-refractivity contribution in [3.63, 3.8) is 0 Å². The first-order valence-electron chi connectivity index (χ1n) is 5.13. The third-order valence-electron chi connectivity index (χ3n) is 2.01. The largest absolute Gasteiger partial charge is 0.389 e. The lowest BCUT2D eigenvalue weighted by molar-refractivity contribution is 0.545. The summed E-state index contributed by atoms with van der Waals surface area (Å²) in [5.74, 6) is 0.811. The summed E-state index contributed by atoms with van der Waals surface area (Å²) in [6.07, 6.45) is 5.49. The normalized spacial score (nSPS) is 10.8. The predicted molar refractivity (Wildman–Crippen MR) is 63.7 cm³/mol. The average molecular weight is 213 g/mol. The van der Waals surface area contributed by atoms with Crippen molar-refractivity contribution in [3.05, 3.63) is 6.20 Å². The number of rotatable bonds is 6. The van der Waals surface area contributed by atoms with E-state index < -0.39 is 0 Å². The maximum Gasteiger partial charge on any atom is 0.184 e. The first kappa shape index (κ1) is 11.3. The smallest absolute Gasteiger partial charge is 0.184 e. The first-order chi connectivity index (χ1) is 6.68. The van der Waals surface area contributed by atoms with Gasteiger partial charge in [-0.15, -0.1) is 0 Å². The number of nitrogen functional groups attached to an aromatic ring is 1. The maximum absolute atomic E-state index is 5.56. The summed E-state index contributed by atoms with van der Waals surface area (Å²) in [7, 11) is 0. The van der Waals surface area contributed by atoms with Crippen LogP contribution in [0.25, 0.3) is 0 Å². The first-order valence-corrected chi connectivity index (χ1v) is 5.95. The molecule has 0 fully saturated rings. The van der Waals surface area contributed by atoms with Crippen LogP contribution in [0, 0.1) is 5.92 Å². The fraction of sp³-hybridized carbons (Fsp3) is 0.700. The molecule has 0 unspecified atom stereocenters. The molecule has 1 rings (SSSR count). The second-order valence-electron chi connectivity index (χ2n) is 3.88. The Balaban J connectivity index is 2.04. The molecule has 0 radical (unpaired) electrons. The molecule has 4 heteroatoms. The van der Waals surface area contributed by atoms with Crippen LogP contribution in [0.5, 0.6) is 0 Å². The zero-order chi connectivity index (χ0) is 10.4. The Labute approximate surface area is 89.7 Å². The molecule has 0 aliphatic rings. The molecule has 0 amide bonds. The van der Waals surface area contributed by atoms with Crippen molar-refractivity contribution in [1.82, 2.24) is 4.98 Å². The molecular weight excluding hydrogens is 194 g/mol. The molecule has 14 heavy (non-hydrogen) atoms. The Bertz CT molecular complexity index is 258. The van der Waals surface area contributed by atoms with Crippen molar-refractivity contribution in [2.45, 2.75) is 33.1 Å². The van der Waals surface area contributed by atoms with E-state index in [0.717, 1.165) is 22.6 Å². The molecule has 1 aromatic rings. The van der Waals surface area contributed by atoms with Crippen LogP contribution in [0.4, 0.5) is 10.1 Å². The minimum atomic E-state index is 0.773. The van der Waals surface area contributed by atoms with Crippen LogP contribution in [-0.4, -0.2) is 11.5 Å². The van der Waals surface area contributed by atoms with E-state index in [1.54, 1.807) is 6.20 Å². The number of anilines is 2. The van der Waals surface area contributed by atoms with Gasteiger partial charge in [0.05, 0.1) is 6.20 Å². The molecule has 0 spiro atoms.